The minimum absolute atomic E-state index is 0.0574. The Kier molecular flexibility index (Phi) is 4.10. The fraction of sp³-hybridized carbons (Fsp3) is 0.417. The second-order valence-electron chi connectivity index (χ2n) is 4.55. The van der Waals surface area contributed by atoms with Gasteiger partial charge in [0.05, 0.1) is 10.0 Å². The van der Waals surface area contributed by atoms with Crippen molar-refractivity contribution in [3.63, 3.8) is 0 Å². The third-order valence-electron chi connectivity index (χ3n) is 3.20. The Labute approximate surface area is 126 Å². The lowest BCUT2D eigenvalue weighted by Gasteiger charge is -2.32. The summed E-state index contributed by atoms with van der Waals surface area (Å²) in [4.78, 5) is 11.9. The van der Waals surface area contributed by atoms with Crippen molar-refractivity contribution in [2.45, 2.75) is 25.1 Å². The van der Waals surface area contributed by atoms with E-state index in [2.05, 4.69) is 0 Å². The van der Waals surface area contributed by atoms with E-state index in [0.29, 0.717) is 16.0 Å². The van der Waals surface area contributed by atoms with E-state index in [0.717, 1.165) is 0 Å². The van der Waals surface area contributed by atoms with E-state index in [1.165, 1.54) is 6.07 Å². The molecule has 0 atom stereocenters. The number of amides is 1. The molecule has 0 unspecified atom stereocenters. The van der Waals surface area contributed by atoms with E-state index in [9.17, 15) is 26.7 Å². The zero-order chi connectivity index (χ0) is 16.0. The van der Waals surface area contributed by atoms with Crippen molar-refractivity contribution in [1.82, 2.24) is 4.90 Å². The van der Waals surface area contributed by atoms with Gasteiger partial charge in [-0.2, -0.15) is 22.0 Å². The van der Waals surface area contributed by atoms with Gasteiger partial charge in [0.2, 0.25) is 0 Å². The fourth-order valence-electron chi connectivity index (χ4n) is 2.06. The Balaban J connectivity index is 2.30. The molecule has 1 aromatic rings. The van der Waals surface area contributed by atoms with Crippen LogP contribution in [0, 0.1) is 0 Å². The van der Waals surface area contributed by atoms with E-state index >= 15 is 0 Å². The zero-order valence-electron chi connectivity index (χ0n) is 10.3. The first kappa shape index (κ1) is 16.3. The third-order valence-corrected chi connectivity index (χ3v) is 4.05. The first-order valence-corrected chi connectivity index (χ1v) is 6.51. The lowest BCUT2D eigenvalue weighted by Crippen LogP contribution is -2.53. The lowest BCUT2D eigenvalue weighted by atomic mass is 9.99. The second kappa shape index (κ2) is 5.28. The summed E-state index contributed by atoms with van der Waals surface area (Å²) in [5.74, 6) is -7.70. The van der Waals surface area contributed by atoms with Crippen LogP contribution in [0.2, 0.25) is 10.0 Å². The molecule has 0 saturated heterocycles. The van der Waals surface area contributed by atoms with Gasteiger partial charge in [0, 0.05) is 13.1 Å². The van der Waals surface area contributed by atoms with Crippen LogP contribution >= 0.6 is 23.2 Å². The molecule has 2 rings (SSSR count). The summed E-state index contributed by atoms with van der Waals surface area (Å²) in [5.41, 5.74) is 0.963. The molecule has 0 spiro atoms. The maximum Gasteiger partial charge on any atom is 0.463 e. The van der Waals surface area contributed by atoms with Gasteiger partial charge in [-0.25, -0.2) is 0 Å². The normalized spacial score (nSPS) is 15.9. The summed E-state index contributed by atoms with van der Waals surface area (Å²) < 4.78 is 62.9. The molecule has 0 aliphatic carbocycles. The molecule has 0 radical (unpaired) electrons. The predicted molar refractivity (Wildman–Crippen MR) is 66.6 cm³/mol. The summed E-state index contributed by atoms with van der Waals surface area (Å²) in [5, 5.41) is 0.203. The highest BCUT2D eigenvalue weighted by Crippen LogP contribution is 2.39. The molecule has 21 heavy (non-hydrogen) atoms. The molecular weight excluding hydrogens is 340 g/mol. The monoisotopic (exact) mass is 347 g/mol. The van der Waals surface area contributed by atoms with E-state index in [-0.39, 0.29) is 23.0 Å². The molecule has 0 N–H and O–H groups in total. The van der Waals surface area contributed by atoms with Gasteiger partial charge in [0.25, 0.3) is 0 Å². The molecule has 0 fully saturated rings. The topological polar surface area (TPSA) is 20.3 Å². The van der Waals surface area contributed by atoms with Crippen molar-refractivity contribution >= 4 is 29.1 Å². The molecule has 1 aliphatic heterocycles. The van der Waals surface area contributed by atoms with Crippen molar-refractivity contribution < 1.29 is 26.7 Å². The van der Waals surface area contributed by atoms with Crippen LogP contribution in [0.1, 0.15) is 11.1 Å². The van der Waals surface area contributed by atoms with Crippen LogP contribution in [0.4, 0.5) is 22.0 Å². The number of hydrogen-bond acceptors (Lipinski definition) is 1. The zero-order valence-corrected chi connectivity index (χ0v) is 11.8. The number of fused-ring (bicyclic) bond motifs is 1. The number of carbonyl (C=O) groups is 1. The average Bonchev–Trinajstić information content (AvgIpc) is 2.40. The van der Waals surface area contributed by atoms with Crippen LogP contribution < -0.4 is 0 Å². The largest absolute Gasteiger partial charge is 0.463 e. The van der Waals surface area contributed by atoms with Crippen LogP contribution in [0.5, 0.6) is 0 Å². The van der Waals surface area contributed by atoms with Gasteiger partial charge in [-0.3, -0.25) is 4.79 Å². The molecule has 0 aromatic heterocycles. The van der Waals surface area contributed by atoms with Crippen molar-refractivity contribution in [2.75, 3.05) is 6.54 Å². The van der Waals surface area contributed by atoms with Crippen LogP contribution in [-0.2, 0) is 17.8 Å². The number of benzene rings is 1. The van der Waals surface area contributed by atoms with Crippen LogP contribution in [-0.4, -0.2) is 29.5 Å². The van der Waals surface area contributed by atoms with E-state index in [4.69, 9.17) is 23.2 Å². The van der Waals surface area contributed by atoms with Crippen molar-refractivity contribution in [3.8, 4) is 0 Å². The Morgan fingerprint density at radius 1 is 1.14 bits per heavy atom. The molecule has 0 bridgehead atoms. The van der Waals surface area contributed by atoms with Gasteiger partial charge in [-0.1, -0.05) is 29.3 Å². The number of carbonyl (C=O) groups excluding carboxylic acids is 1. The van der Waals surface area contributed by atoms with Gasteiger partial charge < -0.3 is 4.90 Å². The maximum atomic E-state index is 13.1. The SMILES string of the molecule is O=C(N1CCc2ccc(Cl)c(Cl)c2C1)C(F)(F)C(F)(F)F. The summed E-state index contributed by atoms with van der Waals surface area (Å²) in [6, 6.07) is 3.11. The second-order valence-corrected chi connectivity index (χ2v) is 5.33. The lowest BCUT2D eigenvalue weighted by molar-refractivity contribution is -0.274. The molecule has 116 valence electrons. The first-order chi connectivity index (χ1) is 9.55. The smallest absolute Gasteiger partial charge is 0.332 e. The minimum Gasteiger partial charge on any atom is -0.332 e. The average molecular weight is 348 g/mol. The van der Waals surface area contributed by atoms with Crippen molar-refractivity contribution in [1.29, 1.82) is 0 Å². The van der Waals surface area contributed by atoms with Crippen LogP contribution in [0.25, 0.3) is 0 Å². The fourth-order valence-corrected chi connectivity index (χ4v) is 2.48. The number of rotatable bonds is 1. The third kappa shape index (κ3) is 2.81. The summed E-state index contributed by atoms with van der Waals surface area (Å²) >= 11 is 11.7. The number of hydrogen-bond donors (Lipinski definition) is 0. The van der Waals surface area contributed by atoms with Crippen LogP contribution in [0.15, 0.2) is 12.1 Å². The Morgan fingerprint density at radius 3 is 2.33 bits per heavy atom. The quantitative estimate of drug-likeness (QED) is 0.701. The highest BCUT2D eigenvalue weighted by atomic mass is 35.5. The maximum absolute atomic E-state index is 13.1. The standard InChI is InChI=1S/C12H8Cl2F5NO/c13-8-2-1-6-3-4-20(5-7(6)9(8)14)10(21)11(15,16)12(17,18)19/h1-2H,3-5H2. The van der Waals surface area contributed by atoms with Gasteiger partial charge in [0.15, 0.2) is 0 Å². The minimum atomic E-state index is -5.93. The number of halogens is 7. The number of nitrogens with zero attached hydrogens (tertiary/aromatic N) is 1. The molecule has 1 amide bonds. The van der Waals surface area contributed by atoms with E-state index in [1.807, 2.05) is 0 Å². The van der Waals surface area contributed by atoms with E-state index < -0.39 is 24.6 Å². The molecule has 2 nitrogen and oxygen atoms in total. The molecule has 1 aliphatic rings. The molecular formula is C12H8Cl2F5NO. The predicted octanol–water partition coefficient (Wildman–Crippen LogP) is 4.08. The summed E-state index contributed by atoms with van der Waals surface area (Å²) in [6.07, 6.45) is -5.80. The Bertz CT molecular complexity index is 588. The Hall–Kier alpha value is -1.08. The highest BCUT2D eigenvalue weighted by molar-refractivity contribution is 6.42. The van der Waals surface area contributed by atoms with E-state index in [1.54, 1.807) is 6.07 Å². The van der Waals surface area contributed by atoms with Gasteiger partial charge in [-0.15, -0.1) is 0 Å². The van der Waals surface area contributed by atoms with Crippen molar-refractivity contribution in [3.05, 3.63) is 33.3 Å². The summed E-state index contributed by atoms with van der Waals surface area (Å²) in [7, 11) is 0. The highest BCUT2D eigenvalue weighted by Gasteiger charge is 2.64. The van der Waals surface area contributed by atoms with Crippen molar-refractivity contribution in [2.24, 2.45) is 0 Å². The molecule has 9 heteroatoms. The first-order valence-electron chi connectivity index (χ1n) is 5.75. The van der Waals surface area contributed by atoms with Crippen LogP contribution in [0.3, 0.4) is 0 Å². The summed E-state index contributed by atoms with van der Waals surface area (Å²) in [6.45, 7) is -0.672. The molecule has 1 heterocycles. The van der Waals surface area contributed by atoms with Gasteiger partial charge >= 0.3 is 18.0 Å². The molecule has 0 saturated carbocycles. The van der Waals surface area contributed by atoms with Gasteiger partial charge in [0.1, 0.15) is 0 Å². The van der Waals surface area contributed by atoms with Gasteiger partial charge in [-0.05, 0) is 23.6 Å². The Morgan fingerprint density at radius 2 is 1.76 bits per heavy atom. The number of alkyl halides is 5. The molecule has 1 aromatic carbocycles.